The average molecular weight is 297 g/mol. The summed E-state index contributed by atoms with van der Waals surface area (Å²) in [7, 11) is 0. The smallest absolute Gasteiger partial charge is 0.157 e. The minimum absolute atomic E-state index is 0.269. The summed E-state index contributed by atoms with van der Waals surface area (Å²) in [5.74, 6) is 0.0499. The Hall–Kier alpha value is -1.62. The molecule has 17 heavy (non-hydrogen) atoms. The lowest BCUT2D eigenvalue weighted by Crippen LogP contribution is -2.00. The molecule has 1 aromatic carbocycles. The van der Waals surface area contributed by atoms with E-state index in [2.05, 4.69) is 20.9 Å². The van der Waals surface area contributed by atoms with Crippen LogP contribution in [0.4, 0.5) is 10.1 Å². The minimum atomic E-state index is -0.398. The highest BCUT2D eigenvalue weighted by Crippen LogP contribution is 2.32. The molecule has 0 atom stereocenters. The molecule has 0 unspecified atom stereocenters. The van der Waals surface area contributed by atoms with E-state index in [1.165, 1.54) is 12.1 Å². The van der Waals surface area contributed by atoms with Crippen molar-refractivity contribution in [2.75, 3.05) is 5.73 Å². The quantitative estimate of drug-likeness (QED) is 0.885. The van der Waals surface area contributed by atoms with Gasteiger partial charge in [-0.15, -0.1) is 0 Å². The van der Waals surface area contributed by atoms with Crippen LogP contribution in [-0.2, 0) is 6.61 Å². The van der Waals surface area contributed by atoms with Gasteiger partial charge in [0.05, 0.1) is 10.2 Å². The number of nitrogens with two attached hydrogens (primary N) is 1. The summed E-state index contributed by atoms with van der Waals surface area (Å²) in [4.78, 5) is 3.91. The van der Waals surface area contributed by atoms with Gasteiger partial charge >= 0.3 is 0 Å². The van der Waals surface area contributed by atoms with Gasteiger partial charge in [-0.25, -0.2) is 4.39 Å². The van der Waals surface area contributed by atoms with Crippen LogP contribution < -0.4 is 10.5 Å². The topological polar surface area (TPSA) is 48.1 Å². The third-order valence-corrected chi connectivity index (χ3v) is 2.76. The van der Waals surface area contributed by atoms with E-state index in [0.717, 1.165) is 5.56 Å². The van der Waals surface area contributed by atoms with Crippen molar-refractivity contribution in [3.63, 3.8) is 0 Å². The Morgan fingerprint density at radius 2 is 2.00 bits per heavy atom. The van der Waals surface area contributed by atoms with Crippen molar-refractivity contribution < 1.29 is 9.13 Å². The lowest BCUT2D eigenvalue weighted by atomic mass is 10.2. The molecule has 2 N–H and O–H groups in total. The highest BCUT2D eigenvalue weighted by Gasteiger charge is 2.08. The first-order chi connectivity index (χ1) is 8.16. The van der Waals surface area contributed by atoms with E-state index in [9.17, 15) is 4.39 Å². The third kappa shape index (κ3) is 2.94. The van der Waals surface area contributed by atoms with Crippen molar-refractivity contribution in [3.05, 3.63) is 52.5 Å². The molecule has 0 radical (unpaired) electrons. The summed E-state index contributed by atoms with van der Waals surface area (Å²) in [6.07, 6.45) is 3.36. The molecule has 0 amide bonds. The number of halogens is 2. The lowest BCUT2D eigenvalue weighted by Gasteiger charge is -2.10. The molecule has 5 heteroatoms. The maximum Gasteiger partial charge on any atom is 0.157 e. The SMILES string of the molecule is Nc1cc(F)cc(Br)c1OCc1ccncc1. The van der Waals surface area contributed by atoms with Crippen LogP contribution >= 0.6 is 15.9 Å². The zero-order chi connectivity index (χ0) is 12.3. The Bertz CT molecular complexity index is 496. The second-order valence-electron chi connectivity index (χ2n) is 3.45. The van der Waals surface area contributed by atoms with Crippen molar-refractivity contribution in [3.8, 4) is 5.75 Å². The van der Waals surface area contributed by atoms with Gasteiger partial charge in [0, 0.05) is 18.5 Å². The fraction of sp³-hybridized carbons (Fsp3) is 0.0833. The van der Waals surface area contributed by atoms with Crippen molar-refractivity contribution in [1.82, 2.24) is 4.98 Å². The van der Waals surface area contributed by atoms with E-state index >= 15 is 0 Å². The average Bonchev–Trinajstić information content (AvgIpc) is 2.29. The number of ether oxygens (including phenoxy) is 1. The number of pyridine rings is 1. The summed E-state index contributed by atoms with van der Waals surface area (Å²) in [6, 6.07) is 6.23. The van der Waals surface area contributed by atoms with E-state index in [0.29, 0.717) is 16.8 Å². The molecule has 0 saturated heterocycles. The van der Waals surface area contributed by atoms with Crippen molar-refractivity contribution in [2.45, 2.75) is 6.61 Å². The highest BCUT2D eigenvalue weighted by molar-refractivity contribution is 9.10. The molecule has 2 rings (SSSR count). The van der Waals surface area contributed by atoms with Crippen LogP contribution in [0.2, 0.25) is 0 Å². The Morgan fingerprint density at radius 3 is 2.65 bits per heavy atom. The first-order valence-corrected chi connectivity index (χ1v) is 5.72. The van der Waals surface area contributed by atoms with Gasteiger partial charge in [-0.05, 0) is 39.7 Å². The van der Waals surface area contributed by atoms with Gasteiger partial charge in [0.2, 0.25) is 0 Å². The van der Waals surface area contributed by atoms with Crippen molar-refractivity contribution >= 4 is 21.6 Å². The molecule has 0 spiro atoms. The zero-order valence-electron chi connectivity index (χ0n) is 8.86. The molecule has 0 fully saturated rings. The number of anilines is 1. The molecule has 0 bridgehead atoms. The van der Waals surface area contributed by atoms with E-state index < -0.39 is 5.82 Å². The predicted octanol–water partition coefficient (Wildman–Crippen LogP) is 3.14. The van der Waals surface area contributed by atoms with Crippen LogP contribution in [0.25, 0.3) is 0 Å². The van der Waals surface area contributed by atoms with Crippen LogP contribution in [0.15, 0.2) is 41.1 Å². The van der Waals surface area contributed by atoms with E-state index in [4.69, 9.17) is 10.5 Å². The number of hydrogen-bond donors (Lipinski definition) is 1. The first kappa shape index (κ1) is 11.9. The standard InChI is InChI=1S/C12H10BrFN2O/c13-10-5-9(14)6-11(15)12(10)17-7-8-1-3-16-4-2-8/h1-6H,7,15H2. The predicted molar refractivity (Wildman–Crippen MR) is 67.1 cm³/mol. The zero-order valence-corrected chi connectivity index (χ0v) is 10.4. The summed E-state index contributed by atoms with van der Waals surface area (Å²) < 4.78 is 19.0. The minimum Gasteiger partial charge on any atom is -0.486 e. The summed E-state index contributed by atoms with van der Waals surface area (Å²) in [6.45, 7) is 0.358. The molecular formula is C12H10BrFN2O. The Balaban J connectivity index is 2.15. The van der Waals surface area contributed by atoms with E-state index in [-0.39, 0.29) is 5.69 Å². The molecule has 2 aromatic rings. The van der Waals surface area contributed by atoms with Gasteiger partial charge in [-0.3, -0.25) is 4.98 Å². The van der Waals surface area contributed by atoms with Gasteiger partial charge in [0.25, 0.3) is 0 Å². The number of hydrogen-bond acceptors (Lipinski definition) is 3. The molecule has 0 aliphatic heterocycles. The first-order valence-electron chi connectivity index (χ1n) is 4.93. The Morgan fingerprint density at radius 1 is 1.29 bits per heavy atom. The third-order valence-electron chi connectivity index (χ3n) is 2.17. The maximum absolute atomic E-state index is 13.0. The molecule has 1 aromatic heterocycles. The molecule has 0 saturated carbocycles. The van der Waals surface area contributed by atoms with Gasteiger partial charge in [-0.1, -0.05) is 0 Å². The molecular weight excluding hydrogens is 287 g/mol. The van der Waals surface area contributed by atoms with Crippen LogP contribution in [-0.4, -0.2) is 4.98 Å². The molecule has 88 valence electrons. The Kier molecular flexibility index (Phi) is 3.58. The van der Waals surface area contributed by atoms with Crippen LogP contribution in [0, 0.1) is 5.82 Å². The van der Waals surface area contributed by atoms with Crippen molar-refractivity contribution in [2.24, 2.45) is 0 Å². The normalized spacial score (nSPS) is 10.2. The molecule has 3 nitrogen and oxygen atoms in total. The number of benzene rings is 1. The summed E-state index contributed by atoms with van der Waals surface area (Å²) >= 11 is 3.21. The number of aromatic nitrogens is 1. The number of nitrogens with zero attached hydrogens (tertiary/aromatic N) is 1. The summed E-state index contributed by atoms with van der Waals surface area (Å²) in [5.41, 5.74) is 6.92. The van der Waals surface area contributed by atoms with Gasteiger partial charge in [0.15, 0.2) is 5.75 Å². The second-order valence-corrected chi connectivity index (χ2v) is 4.30. The van der Waals surface area contributed by atoms with Crippen LogP contribution in [0.5, 0.6) is 5.75 Å². The largest absolute Gasteiger partial charge is 0.486 e. The van der Waals surface area contributed by atoms with E-state index in [1.54, 1.807) is 12.4 Å². The van der Waals surface area contributed by atoms with Crippen LogP contribution in [0.1, 0.15) is 5.56 Å². The van der Waals surface area contributed by atoms with Gasteiger partial charge in [-0.2, -0.15) is 0 Å². The maximum atomic E-state index is 13.0. The number of nitrogen functional groups attached to an aromatic ring is 1. The Labute approximate surface area is 107 Å². The van der Waals surface area contributed by atoms with Crippen molar-refractivity contribution in [1.29, 1.82) is 0 Å². The molecule has 0 aliphatic rings. The number of rotatable bonds is 3. The fourth-order valence-electron chi connectivity index (χ4n) is 1.37. The van der Waals surface area contributed by atoms with Gasteiger partial charge in [0.1, 0.15) is 12.4 Å². The highest BCUT2D eigenvalue weighted by atomic mass is 79.9. The molecule has 0 aliphatic carbocycles. The van der Waals surface area contributed by atoms with E-state index in [1.807, 2.05) is 12.1 Å². The second kappa shape index (κ2) is 5.14. The van der Waals surface area contributed by atoms with Crippen LogP contribution in [0.3, 0.4) is 0 Å². The molecule has 1 heterocycles. The fourth-order valence-corrected chi connectivity index (χ4v) is 1.93. The monoisotopic (exact) mass is 296 g/mol. The summed E-state index contributed by atoms with van der Waals surface area (Å²) in [5, 5.41) is 0. The lowest BCUT2D eigenvalue weighted by molar-refractivity contribution is 0.305. The van der Waals surface area contributed by atoms with Gasteiger partial charge < -0.3 is 10.5 Å².